The first-order valence-corrected chi connectivity index (χ1v) is 7.00. The van der Waals surface area contributed by atoms with Crippen LogP contribution in [0, 0.1) is 6.92 Å². The molecule has 1 amide bonds. The maximum absolute atomic E-state index is 12.5. The first kappa shape index (κ1) is 14.8. The van der Waals surface area contributed by atoms with Crippen LogP contribution >= 0.6 is 0 Å². The lowest BCUT2D eigenvalue weighted by Gasteiger charge is -2.32. The number of piperidine rings is 1. The Morgan fingerprint density at radius 2 is 2.15 bits per heavy atom. The fourth-order valence-electron chi connectivity index (χ4n) is 2.59. The standard InChI is InChI=1S/C15H22N2O3/c1-11-3-2-4-13(16)14(11)15(19)17-7-5-12(6-8-17)20-10-9-18/h2-4,12,18H,5-10,16H2,1H3. The van der Waals surface area contributed by atoms with Gasteiger partial charge in [0.05, 0.1) is 24.9 Å². The number of rotatable bonds is 4. The summed E-state index contributed by atoms with van der Waals surface area (Å²) in [7, 11) is 0. The smallest absolute Gasteiger partial charge is 0.256 e. The van der Waals surface area contributed by atoms with Gasteiger partial charge in [-0.05, 0) is 31.4 Å². The highest BCUT2D eigenvalue weighted by Gasteiger charge is 2.25. The Hall–Kier alpha value is -1.59. The highest BCUT2D eigenvalue weighted by atomic mass is 16.5. The molecule has 0 aliphatic carbocycles. The molecule has 20 heavy (non-hydrogen) atoms. The molecule has 0 saturated carbocycles. The van der Waals surface area contributed by atoms with Crippen LogP contribution in [0.25, 0.3) is 0 Å². The highest BCUT2D eigenvalue weighted by Crippen LogP contribution is 2.21. The molecule has 1 heterocycles. The van der Waals surface area contributed by atoms with Crippen molar-refractivity contribution >= 4 is 11.6 Å². The van der Waals surface area contributed by atoms with Gasteiger partial charge in [0.15, 0.2) is 0 Å². The molecule has 0 unspecified atom stereocenters. The van der Waals surface area contributed by atoms with Crippen molar-refractivity contribution in [3.05, 3.63) is 29.3 Å². The molecular formula is C15H22N2O3. The van der Waals surface area contributed by atoms with E-state index in [4.69, 9.17) is 15.6 Å². The number of hydrogen-bond acceptors (Lipinski definition) is 4. The predicted molar refractivity (Wildman–Crippen MR) is 77.6 cm³/mol. The zero-order valence-electron chi connectivity index (χ0n) is 11.8. The van der Waals surface area contributed by atoms with E-state index in [2.05, 4.69) is 0 Å². The lowest BCUT2D eigenvalue weighted by molar-refractivity contribution is -0.00553. The Kier molecular flexibility index (Phi) is 4.98. The zero-order chi connectivity index (χ0) is 14.5. The van der Waals surface area contributed by atoms with Gasteiger partial charge >= 0.3 is 0 Å². The number of anilines is 1. The number of nitrogen functional groups attached to an aromatic ring is 1. The molecule has 1 aromatic carbocycles. The van der Waals surface area contributed by atoms with Crippen LogP contribution in [0.4, 0.5) is 5.69 Å². The topological polar surface area (TPSA) is 75.8 Å². The van der Waals surface area contributed by atoms with Crippen molar-refractivity contribution in [1.82, 2.24) is 4.90 Å². The number of nitrogens with zero attached hydrogens (tertiary/aromatic N) is 1. The zero-order valence-corrected chi connectivity index (χ0v) is 11.8. The van der Waals surface area contributed by atoms with Crippen LogP contribution in [0.5, 0.6) is 0 Å². The maximum atomic E-state index is 12.5. The van der Waals surface area contributed by atoms with Gasteiger partial charge in [-0.25, -0.2) is 0 Å². The van der Waals surface area contributed by atoms with Crippen LogP contribution in [0.3, 0.4) is 0 Å². The number of carbonyl (C=O) groups is 1. The van der Waals surface area contributed by atoms with Crippen LogP contribution in [0.15, 0.2) is 18.2 Å². The summed E-state index contributed by atoms with van der Waals surface area (Å²) in [5.41, 5.74) is 7.98. The summed E-state index contributed by atoms with van der Waals surface area (Å²) in [5.74, 6) is 0.00112. The van der Waals surface area contributed by atoms with Crippen molar-refractivity contribution in [3.8, 4) is 0 Å². The molecule has 1 aliphatic rings. The van der Waals surface area contributed by atoms with Gasteiger partial charge in [0, 0.05) is 18.8 Å². The molecule has 2 rings (SSSR count). The van der Waals surface area contributed by atoms with E-state index in [1.807, 2.05) is 24.0 Å². The lowest BCUT2D eigenvalue weighted by Crippen LogP contribution is -2.41. The summed E-state index contributed by atoms with van der Waals surface area (Å²) in [5, 5.41) is 8.74. The van der Waals surface area contributed by atoms with Gasteiger partial charge < -0.3 is 20.5 Å². The third-order valence-electron chi connectivity index (χ3n) is 3.69. The Labute approximate surface area is 119 Å². The summed E-state index contributed by atoms with van der Waals surface area (Å²) in [6, 6.07) is 5.52. The fourth-order valence-corrected chi connectivity index (χ4v) is 2.59. The van der Waals surface area contributed by atoms with Crippen molar-refractivity contribution in [2.24, 2.45) is 0 Å². The summed E-state index contributed by atoms with van der Waals surface area (Å²) in [4.78, 5) is 14.4. The van der Waals surface area contributed by atoms with Gasteiger partial charge in [0.25, 0.3) is 5.91 Å². The number of carbonyl (C=O) groups excluding carboxylic acids is 1. The minimum absolute atomic E-state index is 0.00112. The highest BCUT2D eigenvalue weighted by molar-refractivity contribution is 6.00. The first-order valence-electron chi connectivity index (χ1n) is 7.00. The van der Waals surface area contributed by atoms with Crippen LogP contribution < -0.4 is 5.73 Å². The number of hydrogen-bond donors (Lipinski definition) is 2. The third-order valence-corrected chi connectivity index (χ3v) is 3.69. The maximum Gasteiger partial charge on any atom is 0.256 e. The Bertz CT molecular complexity index is 448. The summed E-state index contributed by atoms with van der Waals surface area (Å²) >= 11 is 0. The summed E-state index contributed by atoms with van der Waals surface area (Å²) in [6.07, 6.45) is 1.75. The van der Waals surface area contributed by atoms with E-state index < -0.39 is 0 Å². The first-order chi connectivity index (χ1) is 9.63. The van der Waals surface area contributed by atoms with E-state index >= 15 is 0 Å². The van der Waals surface area contributed by atoms with Gasteiger partial charge in [0.2, 0.25) is 0 Å². The number of aliphatic hydroxyl groups excluding tert-OH is 1. The van der Waals surface area contributed by atoms with Crippen molar-refractivity contribution in [1.29, 1.82) is 0 Å². The Balaban J connectivity index is 1.98. The Morgan fingerprint density at radius 1 is 1.45 bits per heavy atom. The second-order valence-electron chi connectivity index (χ2n) is 5.13. The Morgan fingerprint density at radius 3 is 2.75 bits per heavy atom. The number of aliphatic hydroxyl groups is 1. The number of nitrogens with two attached hydrogens (primary N) is 1. The molecule has 3 N–H and O–H groups in total. The molecule has 1 fully saturated rings. The van der Waals surface area contributed by atoms with Crippen LogP contribution in [0.2, 0.25) is 0 Å². The largest absolute Gasteiger partial charge is 0.398 e. The van der Waals surface area contributed by atoms with Crippen LogP contribution in [-0.2, 0) is 4.74 Å². The van der Waals surface area contributed by atoms with Gasteiger partial charge in [-0.2, -0.15) is 0 Å². The molecule has 1 saturated heterocycles. The molecule has 0 bridgehead atoms. The SMILES string of the molecule is Cc1cccc(N)c1C(=O)N1CCC(OCCO)CC1. The van der Waals surface area contributed by atoms with E-state index in [-0.39, 0.29) is 18.6 Å². The molecule has 0 aromatic heterocycles. The van der Waals surface area contributed by atoms with E-state index in [0.29, 0.717) is 30.9 Å². The van der Waals surface area contributed by atoms with Gasteiger partial charge in [-0.3, -0.25) is 4.79 Å². The van der Waals surface area contributed by atoms with E-state index in [9.17, 15) is 4.79 Å². The second-order valence-corrected chi connectivity index (χ2v) is 5.13. The average molecular weight is 278 g/mol. The average Bonchev–Trinajstić information content (AvgIpc) is 2.45. The molecule has 0 atom stereocenters. The second kappa shape index (κ2) is 6.72. The van der Waals surface area contributed by atoms with Crippen molar-refractivity contribution in [2.75, 3.05) is 32.0 Å². The fraction of sp³-hybridized carbons (Fsp3) is 0.533. The van der Waals surface area contributed by atoms with Gasteiger partial charge in [-0.15, -0.1) is 0 Å². The van der Waals surface area contributed by atoms with Gasteiger partial charge in [-0.1, -0.05) is 12.1 Å². The number of benzene rings is 1. The molecule has 5 heteroatoms. The van der Waals surface area contributed by atoms with Gasteiger partial charge in [0.1, 0.15) is 0 Å². The monoisotopic (exact) mass is 278 g/mol. The number of ether oxygens (including phenoxy) is 1. The van der Waals surface area contributed by atoms with Crippen LogP contribution in [-0.4, -0.2) is 48.3 Å². The summed E-state index contributed by atoms with van der Waals surface area (Å²) < 4.78 is 5.50. The predicted octanol–water partition coefficient (Wildman–Crippen LogP) is 1.19. The number of amides is 1. The van der Waals surface area contributed by atoms with Crippen molar-refractivity contribution < 1.29 is 14.6 Å². The van der Waals surface area contributed by atoms with Crippen molar-refractivity contribution in [3.63, 3.8) is 0 Å². The summed E-state index contributed by atoms with van der Waals surface area (Å²) in [6.45, 7) is 3.65. The normalized spacial score (nSPS) is 16.4. The van der Waals surface area contributed by atoms with Crippen molar-refractivity contribution in [2.45, 2.75) is 25.9 Å². The number of aryl methyl sites for hydroxylation is 1. The molecule has 0 spiro atoms. The number of likely N-dealkylation sites (tertiary alicyclic amines) is 1. The third kappa shape index (κ3) is 3.29. The molecule has 5 nitrogen and oxygen atoms in total. The van der Waals surface area contributed by atoms with E-state index in [1.165, 1.54) is 0 Å². The van der Waals surface area contributed by atoms with E-state index in [1.54, 1.807) is 6.07 Å². The lowest BCUT2D eigenvalue weighted by atomic mass is 10.0. The minimum atomic E-state index is 0.00112. The molecule has 1 aliphatic heterocycles. The molecule has 1 aromatic rings. The van der Waals surface area contributed by atoms with Crippen LogP contribution in [0.1, 0.15) is 28.8 Å². The molecular weight excluding hydrogens is 256 g/mol. The van der Waals surface area contributed by atoms with E-state index in [0.717, 1.165) is 18.4 Å². The molecule has 0 radical (unpaired) electrons. The minimum Gasteiger partial charge on any atom is -0.398 e. The molecule has 110 valence electrons. The quantitative estimate of drug-likeness (QED) is 0.811.